The molecule has 0 spiro atoms. The van der Waals surface area contributed by atoms with Crippen LogP contribution < -0.4 is 9.64 Å². The number of amides is 2. The molecule has 158 valence electrons. The first-order chi connectivity index (χ1) is 15.4. The van der Waals surface area contributed by atoms with Crippen molar-refractivity contribution in [1.29, 1.82) is 0 Å². The van der Waals surface area contributed by atoms with Crippen molar-refractivity contribution in [3.63, 3.8) is 0 Å². The quantitative estimate of drug-likeness (QED) is 0.231. The first kappa shape index (κ1) is 19.4. The largest absolute Gasteiger partial charge is 0.427 e. The Kier molecular flexibility index (Phi) is 4.02. The summed E-state index contributed by atoms with van der Waals surface area (Å²) in [6, 6.07) is 22.7. The molecule has 5 nitrogen and oxygen atoms in total. The van der Waals surface area contributed by atoms with E-state index < -0.39 is 22.1 Å². The lowest BCUT2D eigenvalue weighted by molar-refractivity contribution is -0.132. The number of hydrogen-bond donors (Lipinski definition) is 0. The van der Waals surface area contributed by atoms with Gasteiger partial charge in [0.1, 0.15) is 5.75 Å². The number of alkyl halides is 1. The number of halogens is 1. The predicted octanol–water partition coefficient (Wildman–Crippen LogP) is 4.52. The fourth-order valence-electron chi connectivity index (χ4n) is 5.79. The molecule has 0 aromatic heterocycles. The Morgan fingerprint density at radius 3 is 2.16 bits per heavy atom. The summed E-state index contributed by atoms with van der Waals surface area (Å²) in [6.45, 7) is 1.31. The second kappa shape index (κ2) is 6.62. The molecule has 3 aromatic carbocycles. The SMILES string of the molecule is CC(=O)Oc1cccc(N2C(=O)[C@@H]3C4c5ccccc5C(Br)(c5ccccc54)[C@H]3C2=O)c1. The zero-order chi connectivity index (χ0) is 22.2. The Morgan fingerprint density at radius 1 is 0.906 bits per heavy atom. The number of carbonyl (C=O) groups is 3. The van der Waals surface area contributed by atoms with Gasteiger partial charge in [-0.3, -0.25) is 14.4 Å². The molecule has 1 saturated heterocycles. The minimum absolute atomic E-state index is 0.190. The molecule has 7 rings (SSSR count). The summed E-state index contributed by atoms with van der Waals surface area (Å²) in [5.41, 5.74) is 4.67. The Balaban J connectivity index is 1.54. The molecule has 6 heteroatoms. The molecule has 2 amide bonds. The third-order valence-electron chi connectivity index (χ3n) is 6.85. The zero-order valence-electron chi connectivity index (χ0n) is 17.1. The van der Waals surface area contributed by atoms with Gasteiger partial charge in [0.15, 0.2) is 0 Å². The number of nitrogens with zero attached hydrogens (tertiary/aromatic N) is 1. The van der Waals surface area contributed by atoms with Crippen LogP contribution in [0.5, 0.6) is 5.75 Å². The Morgan fingerprint density at radius 2 is 1.53 bits per heavy atom. The van der Waals surface area contributed by atoms with E-state index >= 15 is 0 Å². The lowest BCUT2D eigenvalue weighted by Gasteiger charge is -2.51. The Labute approximate surface area is 193 Å². The van der Waals surface area contributed by atoms with Crippen LogP contribution in [0.4, 0.5) is 5.69 Å². The van der Waals surface area contributed by atoms with Crippen molar-refractivity contribution in [2.24, 2.45) is 11.8 Å². The van der Waals surface area contributed by atoms with Gasteiger partial charge in [0.2, 0.25) is 11.8 Å². The van der Waals surface area contributed by atoms with Crippen LogP contribution in [0.3, 0.4) is 0 Å². The van der Waals surface area contributed by atoms with Crippen LogP contribution in [-0.2, 0) is 18.7 Å². The molecule has 1 fully saturated rings. The van der Waals surface area contributed by atoms with E-state index in [1.807, 2.05) is 36.4 Å². The molecule has 3 aromatic rings. The second-order valence-electron chi connectivity index (χ2n) is 8.47. The first-order valence-electron chi connectivity index (χ1n) is 10.5. The van der Waals surface area contributed by atoms with Gasteiger partial charge in [0, 0.05) is 18.9 Å². The molecule has 3 aliphatic carbocycles. The van der Waals surface area contributed by atoms with Gasteiger partial charge in [-0.25, -0.2) is 4.90 Å². The van der Waals surface area contributed by atoms with Crippen molar-refractivity contribution in [2.45, 2.75) is 17.2 Å². The lowest BCUT2D eigenvalue weighted by atomic mass is 9.55. The number of anilines is 1. The minimum atomic E-state index is -0.783. The van der Waals surface area contributed by atoms with Gasteiger partial charge in [-0.1, -0.05) is 70.5 Å². The summed E-state index contributed by atoms with van der Waals surface area (Å²) in [5, 5.41) is 0. The fourth-order valence-corrected chi connectivity index (χ4v) is 6.99. The van der Waals surface area contributed by atoms with Crippen molar-refractivity contribution >= 4 is 39.4 Å². The van der Waals surface area contributed by atoms with Crippen LogP contribution in [0.25, 0.3) is 0 Å². The maximum atomic E-state index is 13.9. The van der Waals surface area contributed by atoms with Crippen LogP contribution in [0.2, 0.25) is 0 Å². The van der Waals surface area contributed by atoms with E-state index in [4.69, 9.17) is 4.74 Å². The molecule has 4 aliphatic rings. The third kappa shape index (κ3) is 2.36. The smallest absolute Gasteiger partial charge is 0.308 e. The summed E-state index contributed by atoms with van der Waals surface area (Å²) in [5.74, 6) is -1.90. The molecular weight excluding hydrogens is 470 g/mol. The monoisotopic (exact) mass is 487 g/mol. The third-order valence-corrected chi connectivity index (χ3v) is 8.20. The van der Waals surface area contributed by atoms with Crippen LogP contribution in [-0.4, -0.2) is 17.8 Å². The number of carbonyl (C=O) groups excluding carboxylic acids is 3. The summed E-state index contributed by atoms with van der Waals surface area (Å²) in [6.07, 6.45) is 0. The molecule has 0 saturated carbocycles. The van der Waals surface area contributed by atoms with E-state index in [2.05, 4.69) is 28.1 Å². The van der Waals surface area contributed by atoms with Crippen LogP contribution in [0.15, 0.2) is 72.8 Å². The molecule has 0 radical (unpaired) electrons. The highest BCUT2D eigenvalue weighted by molar-refractivity contribution is 9.09. The van der Waals surface area contributed by atoms with Crippen LogP contribution in [0, 0.1) is 11.8 Å². The molecule has 32 heavy (non-hydrogen) atoms. The standard InChI is InChI=1S/C26H18BrNO4/c1-14(29)32-16-8-6-7-15(13-16)28-24(30)22-21-17-9-2-4-11-19(17)26(27,23(22)25(28)31)20-12-5-3-10-18(20)21/h2-13,21-23H,1H3/t21?,22-,23-,26?/m1/s1. The van der Waals surface area contributed by atoms with Gasteiger partial charge in [-0.05, 0) is 34.4 Å². The van der Waals surface area contributed by atoms with E-state index in [1.54, 1.807) is 24.3 Å². The second-order valence-corrected chi connectivity index (χ2v) is 9.72. The average molecular weight is 488 g/mol. The summed E-state index contributed by atoms with van der Waals surface area (Å²) < 4.78 is 4.40. The van der Waals surface area contributed by atoms with E-state index in [0.717, 1.165) is 22.3 Å². The van der Waals surface area contributed by atoms with Gasteiger partial charge in [0.25, 0.3) is 0 Å². The summed E-state index contributed by atoms with van der Waals surface area (Å²) in [4.78, 5) is 40.3. The minimum Gasteiger partial charge on any atom is -0.427 e. The molecule has 1 heterocycles. The predicted molar refractivity (Wildman–Crippen MR) is 122 cm³/mol. The van der Waals surface area contributed by atoms with Crippen molar-refractivity contribution in [3.8, 4) is 5.75 Å². The first-order valence-corrected chi connectivity index (χ1v) is 11.3. The molecular formula is C26H18BrNO4. The summed E-state index contributed by atoms with van der Waals surface area (Å²) >= 11 is 3.98. The highest BCUT2D eigenvalue weighted by atomic mass is 79.9. The topological polar surface area (TPSA) is 63.7 Å². The van der Waals surface area contributed by atoms with E-state index in [1.165, 1.54) is 11.8 Å². The van der Waals surface area contributed by atoms with Gasteiger partial charge >= 0.3 is 5.97 Å². The Bertz CT molecular complexity index is 1290. The molecule has 0 N–H and O–H groups in total. The number of ether oxygens (including phenoxy) is 1. The van der Waals surface area contributed by atoms with Crippen molar-refractivity contribution in [1.82, 2.24) is 0 Å². The molecule has 1 aliphatic heterocycles. The van der Waals surface area contributed by atoms with E-state index in [0.29, 0.717) is 11.4 Å². The lowest BCUT2D eigenvalue weighted by Crippen LogP contribution is -2.50. The molecule has 0 unspecified atom stereocenters. The highest BCUT2D eigenvalue weighted by Gasteiger charge is 2.67. The maximum absolute atomic E-state index is 13.9. The van der Waals surface area contributed by atoms with Gasteiger partial charge in [0.05, 0.1) is 21.8 Å². The highest BCUT2D eigenvalue weighted by Crippen LogP contribution is 2.66. The maximum Gasteiger partial charge on any atom is 0.308 e. The molecule has 2 atom stereocenters. The number of esters is 1. The van der Waals surface area contributed by atoms with Crippen molar-refractivity contribution < 1.29 is 19.1 Å². The van der Waals surface area contributed by atoms with Crippen LogP contribution in [0.1, 0.15) is 35.1 Å². The average Bonchev–Trinajstić information content (AvgIpc) is 3.05. The molecule has 2 bridgehead atoms. The zero-order valence-corrected chi connectivity index (χ0v) is 18.7. The van der Waals surface area contributed by atoms with Gasteiger partial charge < -0.3 is 4.74 Å². The van der Waals surface area contributed by atoms with Gasteiger partial charge in [-0.15, -0.1) is 0 Å². The summed E-state index contributed by atoms with van der Waals surface area (Å²) in [7, 11) is 0. The fraction of sp³-hybridized carbons (Fsp3) is 0.192. The normalized spacial score (nSPS) is 27.1. The number of imide groups is 1. The van der Waals surface area contributed by atoms with E-state index in [9.17, 15) is 14.4 Å². The van der Waals surface area contributed by atoms with Crippen LogP contribution >= 0.6 is 15.9 Å². The van der Waals surface area contributed by atoms with Crippen molar-refractivity contribution in [2.75, 3.05) is 4.90 Å². The van der Waals surface area contributed by atoms with E-state index in [-0.39, 0.29) is 17.7 Å². The number of hydrogen-bond acceptors (Lipinski definition) is 4. The van der Waals surface area contributed by atoms with Gasteiger partial charge in [-0.2, -0.15) is 0 Å². The number of rotatable bonds is 2. The van der Waals surface area contributed by atoms with Crippen molar-refractivity contribution in [3.05, 3.63) is 95.1 Å². The number of benzene rings is 3. The Hall–Kier alpha value is -3.25.